The van der Waals surface area contributed by atoms with Gasteiger partial charge in [0.1, 0.15) is 11.6 Å². The maximum Gasteiger partial charge on any atom is 0.356 e. The molecule has 2 aromatic rings. The molecule has 0 aliphatic heterocycles. The van der Waals surface area contributed by atoms with Gasteiger partial charge in [-0.2, -0.15) is 0 Å². The number of aromatic nitrogens is 2. The quantitative estimate of drug-likeness (QED) is 0.917. The number of imidazole rings is 1. The fraction of sp³-hybridized carbons (Fsp3) is 0.200. The summed E-state index contributed by atoms with van der Waals surface area (Å²) in [4.78, 5) is 14.9. The van der Waals surface area contributed by atoms with Gasteiger partial charge < -0.3 is 9.51 Å². The molecular weight excluding hydrogens is 280 g/mol. The molecule has 0 atom stereocenters. The summed E-state index contributed by atoms with van der Waals surface area (Å²) in [5.74, 6) is -1.40. The maximum atomic E-state index is 11.3. The highest BCUT2D eigenvalue weighted by atomic mass is 35.5. The Kier molecular flexibility index (Phi) is 3.04. The van der Waals surface area contributed by atoms with Crippen LogP contribution in [0.25, 0.3) is 5.52 Å². The summed E-state index contributed by atoms with van der Waals surface area (Å²) in [6.45, 7) is 0. The topological polar surface area (TPSA) is 88.7 Å². The van der Waals surface area contributed by atoms with Crippen molar-refractivity contribution in [1.82, 2.24) is 9.38 Å². The predicted molar refractivity (Wildman–Crippen MR) is 65.7 cm³/mol. The van der Waals surface area contributed by atoms with Crippen LogP contribution >= 0.6 is 11.6 Å². The number of pyridine rings is 1. The number of rotatable bonds is 3. The average molecular weight is 289 g/mol. The Morgan fingerprint density at radius 1 is 1.56 bits per heavy atom. The molecule has 0 aromatic carbocycles. The molecule has 18 heavy (non-hydrogen) atoms. The van der Waals surface area contributed by atoms with Crippen molar-refractivity contribution in [2.24, 2.45) is 0 Å². The number of carboxylic acids is 1. The van der Waals surface area contributed by atoms with Crippen LogP contribution in [0.15, 0.2) is 18.3 Å². The molecule has 0 aliphatic carbocycles. The first-order valence-electron chi connectivity index (χ1n) is 4.85. The summed E-state index contributed by atoms with van der Waals surface area (Å²) in [5, 5.41) is 9.37. The van der Waals surface area contributed by atoms with E-state index in [9.17, 15) is 13.2 Å². The van der Waals surface area contributed by atoms with Crippen LogP contribution in [0.4, 0.5) is 0 Å². The number of hydrogen-bond donors (Lipinski definition) is 1. The second-order valence-corrected chi connectivity index (χ2v) is 6.43. The molecule has 2 heterocycles. The van der Waals surface area contributed by atoms with Crippen molar-refractivity contribution in [3.63, 3.8) is 0 Å². The van der Waals surface area contributed by atoms with E-state index >= 15 is 0 Å². The molecule has 8 heteroatoms. The molecule has 0 saturated heterocycles. The highest BCUT2D eigenvalue weighted by Gasteiger charge is 2.19. The van der Waals surface area contributed by atoms with Crippen LogP contribution in [0.5, 0.6) is 0 Å². The molecule has 0 aliphatic rings. The van der Waals surface area contributed by atoms with Crippen LogP contribution < -0.4 is 0 Å². The van der Waals surface area contributed by atoms with E-state index < -0.39 is 15.8 Å². The first-order chi connectivity index (χ1) is 8.28. The first kappa shape index (κ1) is 12.8. The van der Waals surface area contributed by atoms with Crippen LogP contribution in [0.3, 0.4) is 0 Å². The summed E-state index contributed by atoms with van der Waals surface area (Å²) in [6.07, 6.45) is 2.56. The lowest BCUT2D eigenvalue weighted by Crippen LogP contribution is -2.05. The summed E-state index contributed by atoms with van der Waals surface area (Å²) < 4.78 is 23.9. The number of hydrogen-bond acceptors (Lipinski definition) is 4. The third kappa shape index (κ3) is 2.46. The van der Waals surface area contributed by atoms with Crippen LogP contribution in [0, 0.1) is 0 Å². The SMILES string of the molecule is CS(=O)(=O)Cc1nc(C(=O)O)c2cc(Cl)ccn12. The van der Waals surface area contributed by atoms with Crippen molar-refractivity contribution >= 4 is 32.9 Å². The summed E-state index contributed by atoms with van der Waals surface area (Å²) in [7, 11) is -3.30. The Balaban J connectivity index is 2.72. The molecule has 0 saturated carbocycles. The third-order valence-corrected chi connectivity index (χ3v) is 3.29. The van der Waals surface area contributed by atoms with Gasteiger partial charge in [0.2, 0.25) is 0 Å². The van der Waals surface area contributed by atoms with E-state index in [1.54, 1.807) is 0 Å². The van der Waals surface area contributed by atoms with Gasteiger partial charge >= 0.3 is 5.97 Å². The molecule has 1 N–H and O–H groups in total. The highest BCUT2D eigenvalue weighted by Crippen LogP contribution is 2.19. The van der Waals surface area contributed by atoms with Gasteiger partial charge in [0.25, 0.3) is 0 Å². The molecule has 96 valence electrons. The van der Waals surface area contributed by atoms with E-state index in [2.05, 4.69) is 4.98 Å². The van der Waals surface area contributed by atoms with Gasteiger partial charge in [0, 0.05) is 17.5 Å². The van der Waals surface area contributed by atoms with E-state index in [0.717, 1.165) is 6.26 Å². The molecule has 2 aromatic heterocycles. The van der Waals surface area contributed by atoms with Gasteiger partial charge in [-0.25, -0.2) is 18.2 Å². The van der Waals surface area contributed by atoms with E-state index in [0.29, 0.717) is 5.02 Å². The number of aromatic carboxylic acids is 1. The van der Waals surface area contributed by atoms with Crippen LogP contribution in [0.2, 0.25) is 5.02 Å². The Morgan fingerprint density at radius 2 is 2.22 bits per heavy atom. The van der Waals surface area contributed by atoms with Crippen molar-refractivity contribution in [1.29, 1.82) is 0 Å². The molecule has 0 amide bonds. The Hall–Kier alpha value is -1.60. The molecule has 0 unspecified atom stereocenters. The Labute approximate surface area is 108 Å². The van der Waals surface area contributed by atoms with Gasteiger partial charge in [-0.05, 0) is 12.1 Å². The van der Waals surface area contributed by atoms with Crippen molar-refractivity contribution < 1.29 is 18.3 Å². The van der Waals surface area contributed by atoms with Gasteiger partial charge in [-0.3, -0.25) is 0 Å². The van der Waals surface area contributed by atoms with Crippen LogP contribution in [-0.4, -0.2) is 35.1 Å². The van der Waals surface area contributed by atoms with Crippen LogP contribution in [0.1, 0.15) is 16.3 Å². The van der Waals surface area contributed by atoms with Gasteiger partial charge in [-0.1, -0.05) is 11.6 Å². The second-order valence-electron chi connectivity index (χ2n) is 3.85. The average Bonchev–Trinajstić information content (AvgIpc) is 2.54. The minimum atomic E-state index is -3.30. The lowest BCUT2D eigenvalue weighted by molar-refractivity contribution is 0.0693. The van der Waals surface area contributed by atoms with E-state index in [1.165, 1.54) is 22.7 Å². The number of carboxylic acid groups (broad SMARTS) is 1. The van der Waals surface area contributed by atoms with E-state index in [1.807, 2.05) is 0 Å². The second kappa shape index (κ2) is 4.25. The standard InChI is InChI=1S/C10H9ClN2O4S/c1-18(16,17)5-8-12-9(10(14)15)7-4-6(11)2-3-13(7)8/h2-4H,5H2,1H3,(H,14,15). The van der Waals surface area contributed by atoms with Gasteiger partial charge in [-0.15, -0.1) is 0 Å². The minimum absolute atomic E-state index is 0.154. The number of sulfone groups is 1. The minimum Gasteiger partial charge on any atom is -0.476 e. The van der Waals surface area contributed by atoms with Crippen molar-refractivity contribution in [3.05, 3.63) is 34.9 Å². The van der Waals surface area contributed by atoms with E-state index in [4.69, 9.17) is 16.7 Å². The van der Waals surface area contributed by atoms with Crippen molar-refractivity contribution in [3.8, 4) is 0 Å². The normalized spacial score (nSPS) is 11.9. The van der Waals surface area contributed by atoms with Crippen molar-refractivity contribution in [2.45, 2.75) is 5.75 Å². The summed E-state index contributed by atoms with van der Waals surface area (Å²) in [5.41, 5.74) is 0.0600. The largest absolute Gasteiger partial charge is 0.476 e. The monoisotopic (exact) mass is 288 g/mol. The number of halogens is 1. The Bertz CT molecular complexity index is 736. The zero-order valence-electron chi connectivity index (χ0n) is 9.29. The lowest BCUT2D eigenvalue weighted by atomic mass is 10.3. The fourth-order valence-corrected chi connectivity index (χ4v) is 2.45. The maximum absolute atomic E-state index is 11.3. The number of fused-ring (bicyclic) bond motifs is 1. The number of nitrogens with zero attached hydrogens (tertiary/aromatic N) is 2. The van der Waals surface area contributed by atoms with Crippen molar-refractivity contribution in [2.75, 3.05) is 6.26 Å². The van der Waals surface area contributed by atoms with Gasteiger partial charge in [0.05, 0.1) is 5.52 Å². The first-order valence-corrected chi connectivity index (χ1v) is 7.29. The summed E-state index contributed by atoms with van der Waals surface area (Å²) in [6, 6.07) is 2.97. The van der Waals surface area contributed by atoms with Crippen LogP contribution in [-0.2, 0) is 15.6 Å². The molecule has 0 radical (unpaired) electrons. The molecule has 0 spiro atoms. The lowest BCUT2D eigenvalue weighted by Gasteiger charge is -1.99. The fourth-order valence-electron chi connectivity index (χ4n) is 1.62. The smallest absolute Gasteiger partial charge is 0.356 e. The molecule has 6 nitrogen and oxygen atoms in total. The number of carbonyl (C=O) groups is 1. The molecule has 0 bridgehead atoms. The molecule has 2 rings (SSSR count). The molecular formula is C10H9ClN2O4S. The summed E-state index contributed by atoms with van der Waals surface area (Å²) >= 11 is 5.79. The Morgan fingerprint density at radius 3 is 2.78 bits per heavy atom. The third-order valence-electron chi connectivity index (χ3n) is 2.27. The zero-order chi connectivity index (χ0) is 13.5. The zero-order valence-corrected chi connectivity index (χ0v) is 10.9. The van der Waals surface area contributed by atoms with E-state index in [-0.39, 0.29) is 22.8 Å². The molecule has 0 fully saturated rings. The highest BCUT2D eigenvalue weighted by molar-refractivity contribution is 7.89. The predicted octanol–water partition coefficient (Wildman–Crippen LogP) is 1.23. The van der Waals surface area contributed by atoms with Gasteiger partial charge in [0.15, 0.2) is 15.5 Å².